The Morgan fingerprint density at radius 1 is 0.938 bits per heavy atom. The molecular weight excluding hydrogens is 232 g/mol. The molecule has 2 heterocycles. The maximum atomic E-state index is 2.35. The average Bonchev–Trinajstić information content (AvgIpc) is 2.75. The second-order valence-corrected chi connectivity index (χ2v) is 7.24. The predicted molar refractivity (Wildman–Crippen MR) is 75.9 cm³/mol. The number of hydrogen-bond donors (Lipinski definition) is 0. The largest absolute Gasteiger partial charge is 0.144 e. The van der Waals surface area contributed by atoms with Crippen molar-refractivity contribution in [3.63, 3.8) is 0 Å². The van der Waals surface area contributed by atoms with Crippen molar-refractivity contribution in [1.82, 2.24) is 0 Å². The van der Waals surface area contributed by atoms with Gasteiger partial charge in [-0.15, -0.1) is 22.7 Å². The third-order valence-electron chi connectivity index (χ3n) is 2.83. The lowest BCUT2D eigenvalue weighted by molar-refractivity contribution is 0.604. The van der Waals surface area contributed by atoms with E-state index in [-0.39, 0.29) is 5.41 Å². The summed E-state index contributed by atoms with van der Waals surface area (Å²) in [6, 6.07) is 9.19. The van der Waals surface area contributed by atoms with Gasteiger partial charge in [0.25, 0.3) is 0 Å². The van der Waals surface area contributed by atoms with Crippen LogP contribution in [-0.4, -0.2) is 0 Å². The van der Waals surface area contributed by atoms with Crippen molar-refractivity contribution in [2.45, 2.75) is 26.2 Å². The van der Waals surface area contributed by atoms with Crippen LogP contribution in [0.3, 0.4) is 0 Å². The second kappa shape index (κ2) is 3.31. The summed E-state index contributed by atoms with van der Waals surface area (Å²) in [5.41, 5.74) is 0.261. The van der Waals surface area contributed by atoms with Crippen LogP contribution < -0.4 is 0 Å². The molecule has 3 aromatic rings. The van der Waals surface area contributed by atoms with Crippen LogP contribution in [0, 0.1) is 0 Å². The van der Waals surface area contributed by atoms with Gasteiger partial charge in [-0.2, -0.15) is 0 Å². The summed E-state index contributed by atoms with van der Waals surface area (Å²) in [7, 11) is 0. The number of thiophene rings is 2. The van der Waals surface area contributed by atoms with Crippen molar-refractivity contribution in [3.05, 3.63) is 34.5 Å². The van der Waals surface area contributed by atoms with Crippen molar-refractivity contribution >= 4 is 42.8 Å². The molecule has 2 heteroatoms. The van der Waals surface area contributed by atoms with E-state index in [2.05, 4.69) is 50.4 Å². The number of benzene rings is 1. The lowest BCUT2D eigenvalue weighted by Gasteiger charge is -2.14. The van der Waals surface area contributed by atoms with Gasteiger partial charge in [0, 0.05) is 14.3 Å². The van der Waals surface area contributed by atoms with E-state index in [1.54, 1.807) is 0 Å². The van der Waals surface area contributed by atoms with Crippen molar-refractivity contribution in [3.8, 4) is 0 Å². The Balaban J connectivity index is 2.31. The molecule has 1 aromatic carbocycles. The highest BCUT2D eigenvalue weighted by molar-refractivity contribution is 7.20. The average molecular weight is 246 g/mol. The van der Waals surface area contributed by atoms with Crippen LogP contribution in [0.15, 0.2) is 29.6 Å². The fraction of sp³-hybridized carbons (Fsp3) is 0.286. The molecule has 0 N–H and O–H groups in total. The summed E-state index contributed by atoms with van der Waals surface area (Å²) in [5.74, 6) is 0. The molecule has 16 heavy (non-hydrogen) atoms. The highest BCUT2D eigenvalue weighted by Crippen LogP contribution is 2.37. The first kappa shape index (κ1) is 10.3. The maximum absolute atomic E-state index is 2.35. The van der Waals surface area contributed by atoms with Crippen LogP contribution in [-0.2, 0) is 5.41 Å². The first-order chi connectivity index (χ1) is 7.54. The third-order valence-corrected chi connectivity index (χ3v) is 5.23. The van der Waals surface area contributed by atoms with Crippen LogP contribution in [0.25, 0.3) is 20.2 Å². The molecule has 0 saturated heterocycles. The standard InChI is InChI=1S/C14H14S2/c1-14(2,3)13-8-10-7-11-9(4-5-15-11)6-12(10)16-13/h4-8H,1-3H3. The van der Waals surface area contributed by atoms with E-state index in [4.69, 9.17) is 0 Å². The molecule has 0 saturated carbocycles. The second-order valence-electron chi connectivity index (χ2n) is 5.21. The van der Waals surface area contributed by atoms with Crippen LogP contribution in [0.2, 0.25) is 0 Å². The molecule has 0 aliphatic heterocycles. The van der Waals surface area contributed by atoms with Gasteiger partial charge >= 0.3 is 0 Å². The van der Waals surface area contributed by atoms with Gasteiger partial charge in [-0.25, -0.2) is 0 Å². The molecule has 2 aromatic heterocycles. The molecule has 0 amide bonds. The fourth-order valence-corrected chi connectivity index (χ4v) is 3.83. The molecule has 0 nitrogen and oxygen atoms in total. The minimum absolute atomic E-state index is 0.261. The molecule has 0 atom stereocenters. The first-order valence-corrected chi connectivity index (χ1v) is 7.15. The fourth-order valence-electron chi connectivity index (χ4n) is 1.86. The first-order valence-electron chi connectivity index (χ1n) is 5.45. The molecule has 0 fully saturated rings. The smallest absolute Gasteiger partial charge is 0.0352 e. The number of rotatable bonds is 0. The summed E-state index contributed by atoms with van der Waals surface area (Å²) in [5, 5.41) is 4.93. The number of hydrogen-bond acceptors (Lipinski definition) is 2. The van der Waals surface area contributed by atoms with Crippen LogP contribution >= 0.6 is 22.7 Å². The van der Waals surface area contributed by atoms with Gasteiger partial charge in [0.1, 0.15) is 0 Å². The van der Waals surface area contributed by atoms with E-state index in [0.717, 1.165) is 0 Å². The molecule has 0 radical (unpaired) electrons. The van der Waals surface area contributed by atoms with Crippen LogP contribution in [0.4, 0.5) is 0 Å². The molecular formula is C14H14S2. The van der Waals surface area contributed by atoms with Gasteiger partial charge in [-0.1, -0.05) is 20.8 Å². The van der Waals surface area contributed by atoms with Gasteiger partial charge < -0.3 is 0 Å². The van der Waals surface area contributed by atoms with E-state index in [1.807, 2.05) is 22.7 Å². The SMILES string of the molecule is CC(C)(C)c1cc2cc3sccc3cc2s1. The summed E-state index contributed by atoms with van der Waals surface area (Å²) in [6.07, 6.45) is 0. The Morgan fingerprint density at radius 3 is 2.44 bits per heavy atom. The zero-order valence-electron chi connectivity index (χ0n) is 9.70. The molecule has 3 rings (SSSR count). The summed E-state index contributed by atoms with van der Waals surface area (Å²) in [6.45, 7) is 6.83. The lowest BCUT2D eigenvalue weighted by atomic mass is 9.94. The summed E-state index contributed by atoms with van der Waals surface area (Å²) < 4.78 is 2.81. The molecule has 0 bridgehead atoms. The van der Waals surface area contributed by atoms with Crippen molar-refractivity contribution in [1.29, 1.82) is 0 Å². The number of fused-ring (bicyclic) bond motifs is 2. The quantitative estimate of drug-likeness (QED) is 0.497. The highest BCUT2D eigenvalue weighted by Gasteiger charge is 2.16. The van der Waals surface area contributed by atoms with Gasteiger partial charge in [0.2, 0.25) is 0 Å². The summed E-state index contributed by atoms with van der Waals surface area (Å²) >= 11 is 3.75. The maximum Gasteiger partial charge on any atom is 0.0352 e. The zero-order chi connectivity index (χ0) is 11.3. The Bertz CT molecular complexity index is 602. The van der Waals surface area contributed by atoms with Gasteiger partial charge in [-0.05, 0) is 45.8 Å². The zero-order valence-corrected chi connectivity index (χ0v) is 11.3. The monoisotopic (exact) mass is 246 g/mol. The molecule has 0 unspecified atom stereocenters. The van der Waals surface area contributed by atoms with E-state index >= 15 is 0 Å². The molecule has 0 aliphatic carbocycles. The minimum atomic E-state index is 0.261. The highest BCUT2D eigenvalue weighted by atomic mass is 32.1. The Labute approximate surface area is 104 Å². The Morgan fingerprint density at radius 2 is 1.69 bits per heavy atom. The van der Waals surface area contributed by atoms with E-state index < -0.39 is 0 Å². The molecule has 82 valence electrons. The van der Waals surface area contributed by atoms with Gasteiger partial charge in [0.05, 0.1) is 0 Å². The van der Waals surface area contributed by atoms with E-state index in [0.29, 0.717) is 0 Å². The molecule has 0 aliphatic rings. The van der Waals surface area contributed by atoms with E-state index in [9.17, 15) is 0 Å². The van der Waals surface area contributed by atoms with Crippen LogP contribution in [0.5, 0.6) is 0 Å². The predicted octanol–water partition coefficient (Wildman–Crippen LogP) is 5.41. The Hall–Kier alpha value is -0.860. The van der Waals surface area contributed by atoms with Gasteiger partial charge in [0.15, 0.2) is 0 Å². The Kier molecular flexibility index (Phi) is 2.13. The normalized spacial score (nSPS) is 12.7. The lowest BCUT2D eigenvalue weighted by Crippen LogP contribution is -2.07. The van der Waals surface area contributed by atoms with Crippen LogP contribution in [0.1, 0.15) is 25.6 Å². The molecule has 0 spiro atoms. The summed E-state index contributed by atoms with van der Waals surface area (Å²) in [4.78, 5) is 1.47. The van der Waals surface area contributed by atoms with Crippen molar-refractivity contribution in [2.75, 3.05) is 0 Å². The van der Waals surface area contributed by atoms with Crippen molar-refractivity contribution < 1.29 is 0 Å². The third kappa shape index (κ3) is 1.57. The van der Waals surface area contributed by atoms with E-state index in [1.165, 1.54) is 25.0 Å². The van der Waals surface area contributed by atoms with Crippen molar-refractivity contribution in [2.24, 2.45) is 0 Å². The minimum Gasteiger partial charge on any atom is -0.144 e. The topological polar surface area (TPSA) is 0 Å². The van der Waals surface area contributed by atoms with Gasteiger partial charge in [-0.3, -0.25) is 0 Å².